The van der Waals surface area contributed by atoms with E-state index in [0.717, 1.165) is 34.4 Å². The molecule has 6 nitrogen and oxygen atoms in total. The molecule has 0 bridgehead atoms. The topological polar surface area (TPSA) is 80.9 Å². The van der Waals surface area contributed by atoms with E-state index in [0.29, 0.717) is 11.3 Å². The summed E-state index contributed by atoms with van der Waals surface area (Å²) in [4.78, 5) is 29.1. The molecule has 2 aromatic rings. The van der Waals surface area contributed by atoms with E-state index < -0.39 is 5.97 Å². The van der Waals surface area contributed by atoms with Crippen LogP contribution in [0.1, 0.15) is 49.2 Å². The largest absolute Gasteiger partial charge is 0.506 e. The maximum Gasteiger partial charge on any atom is 0.344 e. The second kappa shape index (κ2) is 10.0. The van der Waals surface area contributed by atoms with Crippen LogP contribution in [0.15, 0.2) is 51.6 Å². The van der Waals surface area contributed by atoms with E-state index in [1.54, 1.807) is 6.92 Å². The number of carbonyl (C=O) groups excluding carboxylic acids is 2. The van der Waals surface area contributed by atoms with Gasteiger partial charge in [-0.25, -0.2) is 9.79 Å². The van der Waals surface area contributed by atoms with Crippen molar-refractivity contribution in [2.45, 2.75) is 47.5 Å². The molecule has 1 N–H and O–H groups in total. The summed E-state index contributed by atoms with van der Waals surface area (Å²) >= 11 is 1.11. The smallest absolute Gasteiger partial charge is 0.344 e. The van der Waals surface area contributed by atoms with Gasteiger partial charge in [0.15, 0.2) is 0 Å². The Balaban J connectivity index is 2.04. The van der Waals surface area contributed by atoms with E-state index in [-0.39, 0.29) is 35.3 Å². The lowest BCUT2D eigenvalue weighted by molar-refractivity contribution is -0.138. The summed E-state index contributed by atoms with van der Waals surface area (Å²) < 4.78 is 7.22. The van der Waals surface area contributed by atoms with E-state index in [9.17, 15) is 14.7 Å². The predicted molar refractivity (Wildman–Crippen MR) is 129 cm³/mol. The van der Waals surface area contributed by atoms with Gasteiger partial charge >= 0.3 is 5.97 Å². The lowest BCUT2D eigenvalue weighted by Crippen LogP contribution is -2.14. The van der Waals surface area contributed by atoms with Gasteiger partial charge < -0.3 is 14.4 Å². The highest BCUT2D eigenvalue weighted by atomic mass is 32.2. The number of aromatic nitrogens is 1. The van der Waals surface area contributed by atoms with Crippen LogP contribution in [0.3, 0.4) is 0 Å². The zero-order valence-corrected chi connectivity index (χ0v) is 19.9. The van der Waals surface area contributed by atoms with Gasteiger partial charge in [0, 0.05) is 23.5 Å². The molecule has 1 aromatic carbocycles. The number of rotatable bonds is 6. The van der Waals surface area contributed by atoms with Crippen LogP contribution in [-0.4, -0.2) is 33.2 Å². The van der Waals surface area contributed by atoms with Gasteiger partial charge in [-0.3, -0.25) is 4.79 Å². The zero-order valence-electron chi connectivity index (χ0n) is 19.1. The van der Waals surface area contributed by atoms with Gasteiger partial charge in [0.2, 0.25) is 5.91 Å². The SMILES string of the molecule is CCCC(=O)N=C1S/C(=C\c2cc(C)n(-c3ccc(C)cc3)c2C)C(O)=C1C(=O)OCC. The number of aliphatic hydroxyl groups excluding tert-OH is 1. The van der Waals surface area contributed by atoms with Crippen LogP contribution in [0.5, 0.6) is 0 Å². The van der Waals surface area contributed by atoms with Crippen molar-refractivity contribution < 1.29 is 19.4 Å². The van der Waals surface area contributed by atoms with E-state index in [4.69, 9.17) is 4.74 Å². The molecule has 1 aliphatic rings. The third-order valence-corrected chi connectivity index (χ3v) is 6.13. The quantitative estimate of drug-likeness (QED) is 0.578. The average molecular weight is 453 g/mol. The summed E-state index contributed by atoms with van der Waals surface area (Å²) in [6, 6.07) is 10.3. The molecule has 0 aliphatic carbocycles. The highest BCUT2D eigenvalue weighted by Crippen LogP contribution is 2.40. The lowest BCUT2D eigenvalue weighted by atomic mass is 10.1. The molecule has 168 valence electrons. The second-order valence-electron chi connectivity index (χ2n) is 7.61. The van der Waals surface area contributed by atoms with Gasteiger partial charge in [-0.05, 0) is 64.0 Å². The number of hydrogen-bond acceptors (Lipinski definition) is 5. The van der Waals surface area contributed by atoms with Crippen molar-refractivity contribution in [1.29, 1.82) is 0 Å². The Morgan fingerprint density at radius 3 is 2.47 bits per heavy atom. The summed E-state index contributed by atoms with van der Waals surface area (Å²) in [5.74, 6) is -1.23. The molecule has 0 atom stereocenters. The number of aryl methyl sites for hydroxylation is 2. The maximum atomic E-state index is 12.5. The van der Waals surface area contributed by atoms with Crippen LogP contribution in [-0.2, 0) is 14.3 Å². The number of esters is 1. The first kappa shape index (κ1) is 23.6. The molecule has 3 rings (SSSR count). The van der Waals surface area contributed by atoms with Gasteiger partial charge in [0.25, 0.3) is 0 Å². The van der Waals surface area contributed by atoms with Crippen molar-refractivity contribution in [3.8, 4) is 5.69 Å². The molecule has 0 radical (unpaired) electrons. The Labute approximate surface area is 192 Å². The van der Waals surface area contributed by atoms with E-state index in [2.05, 4.69) is 33.8 Å². The van der Waals surface area contributed by atoms with E-state index in [1.807, 2.05) is 39.8 Å². The van der Waals surface area contributed by atoms with Crippen LogP contribution in [0, 0.1) is 20.8 Å². The Morgan fingerprint density at radius 2 is 1.84 bits per heavy atom. The van der Waals surface area contributed by atoms with Gasteiger partial charge in [-0.1, -0.05) is 36.4 Å². The molecular formula is C25H28N2O4S. The number of ether oxygens (including phenoxy) is 1. The van der Waals surface area contributed by atoms with E-state index in [1.165, 1.54) is 5.56 Å². The lowest BCUT2D eigenvalue weighted by Gasteiger charge is -2.10. The summed E-state index contributed by atoms with van der Waals surface area (Å²) in [5, 5.41) is 11.0. The highest BCUT2D eigenvalue weighted by Gasteiger charge is 2.34. The Morgan fingerprint density at radius 1 is 1.16 bits per heavy atom. The van der Waals surface area contributed by atoms with Crippen molar-refractivity contribution in [3.63, 3.8) is 0 Å². The minimum atomic E-state index is -0.686. The molecule has 7 heteroatoms. The van der Waals surface area contributed by atoms with Crippen molar-refractivity contribution in [2.75, 3.05) is 6.61 Å². The van der Waals surface area contributed by atoms with E-state index >= 15 is 0 Å². The first-order chi connectivity index (χ1) is 15.3. The van der Waals surface area contributed by atoms with Crippen LogP contribution < -0.4 is 0 Å². The Kier molecular flexibility index (Phi) is 7.40. The normalized spacial score (nSPS) is 16.3. The first-order valence-electron chi connectivity index (χ1n) is 10.6. The number of benzene rings is 1. The fraction of sp³-hybridized carbons (Fsp3) is 0.320. The molecule has 32 heavy (non-hydrogen) atoms. The maximum absolute atomic E-state index is 12.5. The standard InChI is InChI=1S/C25H28N2O4S/c1-6-8-21(28)26-24-22(25(30)31-7-2)23(29)20(32-24)14-18-13-16(4)27(17(18)5)19-11-9-15(3)10-12-19/h9-14,29H,6-8H2,1-5H3/b20-14-,26-24?. The number of aliphatic imine (C=N–C) groups is 1. The van der Waals surface area contributed by atoms with Gasteiger partial charge in [0.05, 0.1) is 11.5 Å². The molecule has 1 amide bonds. The minimum absolute atomic E-state index is 0.0557. The fourth-order valence-corrected chi connectivity index (χ4v) is 4.56. The third-order valence-electron chi connectivity index (χ3n) is 5.11. The summed E-state index contributed by atoms with van der Waals surface area (Å²) in [6.07, 6.45) is 2.75. The molecule has 0 unspecified atom stereocenters. The second-order valence-corrected chi connectivity index (χ2v) is 8.64. The number of nitrogens with zero attached hydrogens (tertiary/aromatic N) is 2. The Hall–Kier alpha value is -3.06. The fourth-order valence-electron chi connectivity index (χ4n) is 3.54. The van der Waals surface area contributed by atoms with Gasteiger partial charge in [-0.2, -0.15) is 0 Å². The monoisotopic (exact) mass is 452 g/mol. The van der Waals surface area contributed by atoms with Crippen molar-refractivity contribution in [3.05, 3.63) is 69.1 Å². The first-order valence-corrected chi connectivity index (χ1v) is 11.5. The molecule has 2 heterocycles. The number of aliphatic hydroxyl groups is 1. The Bertz CT molecular complexity index is 1140. The number of amides is 1. The minimum Gasteiger partial charge on any atom is -0.506 e. The number of carbonyl (C=O) groups is 2. The van der Waals surface area contributed by atoms with Gasteiger partial charge in [0.1, 0.15) is 16.4 Å². The molecule has 0 fully saturated rings. The number of thioether (sulfide) groups is 1. The third kappa shape index (κ3) is 4.88. The average Bonchev–Trinajstić information content (AvgIpc) is 3.18. The summed E-state index contributed by atoms with van der Waals surface area (Å²) in [7, 11) is 0. The van der Waals surface area contributed by atoms with Crippen molar-refractivity contribution >= 4 is 34.8 Å². The van der Waals surface area contributed by atoms with Crippen molar-refractivity contribution in [2.24, 2.45) is 4.99 Å². The van der Waals surface area contributed by atoms with Crippen LogP contribution in [0.2, 0.25) is 0 Å². The zero-order chi connectivity index (χ0) is 23.4. The van der Waals surface area contributed by atoms with Gasteiger partial charge in [-0.15, -0.1) is 0 Å². The highest BCUT2D eigenvalue weighted by molar-refractivity contribution is 8.18. The molecule has 1 aliphatic heterocycles. The van der Waals surface area contributed by atoms with Crippen LogP contribution >= 0.6 is 11.8 Å². The molecule has 0 saturated heterocycles. The molecule has 1 aromatic heterocycles. The van der Waals surface area contributed by atoms with Crippen LogP contribution in [0.4, 0.5) is 0 Å². The molecular weight excluding hydrogens is 424 g/mol. The summed E-state index contributed by atoms with van der Waals surface area (Å²) in [6.45, 7) is 9.81. The summed E-state index contributed by atoms with van der Waals surface area (Å²) in [5.41, 5.74) is 5.13. The van der Waals surface area contributed by atoms with Crippen LogP contribution in [0.25, 0.3) is 11.8 Å². The molecule has 0 saturated carbocycles. The molecule has 0 spiro atoms. The number of hydrogen-bond donors (Lipinski definition) is 1. The predicted octanol–water partition coefficient (Wildman–Crippen LogP) is 5.59. The van der Waals surface area contributed by atoms with Crippen molar-refractivity contribution in [1.82, 2.24) is 4.57 Å².